The molecule has 0 spiro atoms. The Morgan fingerprint density at radius 1 is 1.13 bits per heavy atom. The van der Waals surface area contributed by atoms with Crippen LogP contribution in [-0.4, -0.2) is 30.4 Å². The molecule has 0 atom stereocenters. The second-order valence-electron chi connectivity index (χ2n) is 7.90. The monoisotopic (exact) mass is 316 g/mol. The summed E-state index contributed by atoms with van der Waals surface area (Å²) in [4.78, 5) is 14.7. The number of rotatable bonds is 4. The third-order valence-corrected chi connectivity index (χ3v) is 4.85. The van der Waals surface area contributed by atoms with E-state index in [0.717, 1.165) is 5.69 Å². The molecule has 1 N–H and O–H groups in total. The van der Waals surface area contributed by atoms with Gasteiger partial charge in [-0.05, 0) is 36.9 Å². The van der Waals surface area contributed by atoms with Gasteiger partial charge in [-0.2, -0.15) is 0 Å². The van der Waals surface area contributed by atoms with Crippen molar-refractivity contribution in [2.24, 2.45) is 0 Å². The van der Waals surface area contributed by atoms with Gasteiger partial charge >= 0.3 is 0 Å². The van der Waals surface area contributed by atoms with Crippen molar-refractivity contribution in [2.45, 2.75) is 70.8 Å². The van der Waals surface area contributed by atoms with E-state index in [1.54, 1.807) is 0 Å². The minimum atomic E-state index is 0.0249. The summed E-state index contributed by atoms with van der Waals surface area (Å²) in [6, 6.07) is 8.68. The molecule has 0 aromatic heterocycles. The van der Waals surface area contributed by atoms with Crippen LogP contribution >= 0.6 is 0 Å². The first kappa shape index (κ1) is 18.0. The minimum Gasteiger partial charge on any atom is -0.325 e. The molecule has 128 valence electrons. The highest BCUT2D eigenvalue weighted by molar-refractivity contribution is 5.93. The zero-order valence-electron chi connectivity index (χ0n) is 15.2. The summed E-state index contributed by atoms with van der Waals surface area (Å²) in [5.74, 6) is 0.0912. The zero-order valence-corrected chi connectivity index (χ0v) is 15.2. The van der Waals surface area contributed by atoms with E-state index in [4.69, 9.17) is 0 Å². The number of hydrogen-bond donors (Lipinski definition) is 1. The van der Waals surface area contributed by atoms with E-state index in [1.807, 2.05) is 18.2 Å². The van der Waals surface area contributed by atoms with Crippen LogP contribution in [0.3, 0.4) is 0 Å². The van der Waals surface area contributed by atoms with E-state index in [1.165, 1.54) is 44.1 Å². The second kappa shape index (κ2) is 7.96. The third-order valence-electron chi connectivity index (χ3n) is 4.85. The van der Waals surface area contributed by atoms with Gasteiger partial charge in [0.2, 0.25) is 5.91 Å². The number of carbonyl (C=O) groups excluding carboxylic acids is 1. The number of likely N-dealkylation sites (N-methyl/N-ethyl adjacent to an activating group) is 1. The van der Waals surface area contributed by atoms with Gasteiger partial charge in [0.05, 0.1) is 6.54 Å². The van der Waals surface area contributed by atoms with Crippen LogP contribution in [0.15, 0.2) is 24.3 Å². The van der Waals surface area contributed by atoms with Crippen LogP contribution in [0, 0.1) is 0 Å². The van der Waals surface area contributed by atoms with Crippen molar-refractivity contribution in [1.29, 1.82) is 0 Å². The first-order valence-corrected chi connectivity index (χ1v) is 8.97. The normalized spacial score (nSPS) is 17.1. The fourth-order valence-corrected chi connectivity index (χ4v) is 3.49. The van der Waals surface area contributed by atoms with Crippen LogP contribution in [0.1, 0.15) is 64.9 Å². The fraction of sp³-hybridized carbons (Fsp3) is 0.650. The van der Waals surface area contributed by atoms with Crippen LogP contribution in [0.25, 0.3) is 0 Å². The summed E-state index contributed by atoms with van der Waals surface area (Å²) in [5.41, 5.74) is 2.15. The van der Waals surface area contributed by atoms with Gasteiger partial charge in [0.15, 0.2) is 0 Å². The molecule has 1 fully saturated rings. The average molecular weight is 316 g/mol. The van der Waals surface area contributed by atoms with E-state index in [9.17, 15) is 4.79 Å². The Morgan fingerprint density at radius 2 is 1.74 bits per heavy atom. The summed E-state index contributed by atoms with van der Waals surface area (Å²) >= 11 is 0. The van der Waals surface area contributed by atoms with Crippen molar-refractivity contribution >= 4 is 11.6 Å². The molecular weight excluding hydrogens is 284 g/mol. The lowest BCUT2D eigenvalue weighted by Crippen LogP contribution is -2.38. The maximum Gasteiger partial charge on any atom is 0.238 e. The quantitative estimate of drug-likeness (QED) is 0.825. The number of hydrogen-bond acceptors (Lipinski definition) is 2. The molecule has 2 rings (SSSR count). The Hall–Kier alpha value is -1.35. The number of para-hydroxylation sites is 1. The summed E-state index contributed by atoms with van der Waals surface area (Å²) in [7, 11) is 2.09. The van der Waals surface area contributed by atoms with Crippen LogP contribution in [-0.2, 0) is 10.2 Å². The van der Waals surface area contributed by atoms with Crippen LogP contribution in [0.5, 0.6) is 0 Å². The molecule has 0 saturated heterocycles. The van der Waals surface area contributed by atoms with Crippen molar-refractivity contribution in [1.82, 2.24) is 4.90 Å². The largest absolute Gasteiger partial charge is 0.325 e. The van der Waals surface area contributed by atoms with E-state index in [0.29, 0.717) is 12.6 Å². The number of anilines is 1. The Labute approximate surface area is 141 Å². The Morgan fingerprint density at radius 3 is 2.35 bits per heavy atom. The lowest BCUT2D eigenvalue weighted by molar-refractivity contribution is -0.117. The number of nitrogens with one attached hydrogen (secondary N) is 1. The Kier molecular flexibility index (Phi) is 6.23. The molecule has 0 aliphatic heterocycles. The molecule has 1 aliphatic rings. The first-order valence-electron chi connectivity index (χ1n) is 8.97. The highest BCUT2D eigenvalue weighted by atomic mass is 16.2. The van der Waals surface area contributed by atoms with Crippen molar-refractivity contribution in [3.8, 4) is 0 Å². The molecule has 3 heteroatoms. The van der Waals surface area contributed by atoms with E-state index in [2.05, 4.69) is 44.1 Å². The van der Waals surface area contributed by atoms with Gasteiger partial charge in [-0.1, -0.05) is 64.7 Å². The highest BCUT2D eigenvalue weighted by Crippen LogP contribution is 2.29. The summed E-state index contributed by atoms with van der Waals surface area (Å²) in [6.07, 6.45) is 7.72. The molecule has 3 nitrogen and oxygen atoms in total. The molecule has 0 bridgehead atoms. The molecule has 1 aromatic rings. The summed E-state index contributed by atoms with van der Waals surface area (Å²) in [5, 5.41) is 3.12. The Balaban J connectivity index is 1.97. The van der Waals surface area contributed by atoms with Crippen molar-refractivity contribution in [3.05, 3.63) is 29.8 Å². The van der Waals surface area contributed by atoms with E-state index >= 15 is 0 Å². The van der Waals surface area contributed by atoms with E-state index < -0.39 is 0 Å². The molecule has 1 aromatic carbocycles. The molecule has 0 radical (unpaired) electrons. The molecule has 1 amide bonds. The molecule has 1 saturated carbocycles. The molecule has 0 unspecified atom stereocenters. The van der Waals surface area contributed by atoms with Gasteiger partial charge in [-0.25, -0.2) is 0 Å². The number of benzene rings is 1. The molecule has 23 heavy (non-hydrogen) atoms. The SMILES string of the molecule is CN(CC(=O)Nc1ccccc1C(C)(C)C)C1CCCCCC1. The lowest BCUT2D eigenvalue weighted by Gasteiger charge is -2.27. The van der Waals surface area contributed by atoms with Crippen molar-refractivity contribution < 1.29 is 4.79 Å². The Bertz CT molecular complexity index is 511. The van der Waals surface area contributed by atoms with Crippen LogP contribution in [0.2, 0.25) is 0 Å². The number of nitrogens with zero attached hydrogens (tertiary/aromatic N) is 1. The first-order chi connectivity index (χ1) is 10.9. The van der Waals surface area contributed by atoms with Gasteiger partial charge in [0.1, 0.15) is 0 Å². The maximum absolute atomic E-state index is 12.5. The van der Waals surface area contributed by atoms with Crippen LogP contribution < -0.4 is 5.32 Å². The van der Waals surface area contributed by atoms with Crippen LogP contribution in [0.4, 0.5) is 5.69 Å². The van der Waals surface area contributed by atoms with E-state index in [-0.39, 0.29) is 11.3 Å². The topological polar surface area (TPSA) is 32.3 Å². The highest BCUT2D eigenvalue weighted by Gasteiger charge is 2.21. The fourth-order valence-electron chi connectivity index (χ4n) is 3.49. The minimum absolute atomic E-state index is 0.0249. The van der Waals surface area contributed by atoms with Gasteiger partial charge in [0, 0.05) is 11.7 Å². The summed E-state index contributed by atoms with van der Waals surface area (Å²) < 4.78 is 0. The number of amides is 1. The maximum atomic E-state index is 12.5. The predicted molar refractivity (Wildman–Crippen MR) is 97.9 cm³/mol. The van der Waals surface area contributed by atoms with Crippen molar-refractivity contribution in [3.63, 3.8) is 0 Å². The molecule has 0 heterocycles. The standard InChI is InChI=1S/C20H32N2O/c1-20(2,3)17-13-9-10-14-18(17)21-19(23)15-22(4)16-11-7-5-6-8-12-16/h9-10,13-14,16H,5-8,11-12,15H2,1-4H3,(H,21,23). The lowest BCUT2D eigenvalue weighted by atomic mass is 9.86. The molecular formula is C20H32N2O. The van der Waals surface area contributed by atoms with Crippen molar-refractivity contribution in [2.75, 3.05) is 18.9 Å². The van der Waals surface area contributed by atoms with Gasteiger partial charge in [-0.3, -0.25) is 9.69 Å². The second-order valence-corrected chi connectivity index (χ2v) is 7.90. The smallest absolute Gasteiger partial charge is 0.238 e. The predicted octanol–water partition coefficient (Wildman–Crippen LogP) is 4.58. The van der Waals surface area contributed by atoms with Gasteiger partial charge in [-0.15, -0.1) is 0 Å². The third kappa shape index (κ3) is 5.35. The zero-order chi connectivity index (χ0) is 16.9. The summed E-state index contributed by atoms with van der Waals surface area (Å²) in [6.45, 7) is 7.00. The van der Waals surface area contributed by atoms with Gasteiger partial charge in [0.25, 0.3) is 0 Å². The van der Waals surface area contributed by atoms with Gasteiger partial charge < -0.3 is 5.32 Å². The number of carbonyl (C=O) groups is 1. The average Bonchev–Trinajstić information content (AvgIpc) is 2.75. The molecule has 1 aliphatic carbocycles.